The Labute approximate surface area is 114 Å². The average molecular weight is 303 g/mol. The Morgan fingerprint density at radius 2 is 2.17 bits per heavy atom. The van der Waals surface area contributed by atoms with Crippen molar-refractivity contribution in [3.8, 4) is 6.07 Å². The number of aromatic nitrogens is 2. The summed E-state index contributed by atoms with van der Waals surface area (Å²) in [5.74, 6) is 1.25. The lowest BCUT2D eigenvalue weighted by Gasteiger charge is -2.06. The molecular weight excluding hydrogens is 292 g/mol. The SMILES string of the molecule is Cc1nc(C#N)cc(NCc2cccc(Br)c2)n1. The van der Waals surface area contributed by atoms with Crippen LogP contribution < -0.4 is 5.32 Å². The van der Waals surface area contributed by atoms with Crippen LogP contribution in [0.5, 0.6) is 0 Å². The van der Waals surface area contributed by atoms with Gasteiger partial charge in [0.25, 0.3) is 0 Å². The molecule has 1 heterocycles. The maximum absolute atomic E-state index is 8.83. The lowest BCUT2D eigenvalue weighted by atomic mass is 10.2. The summed E-state index contributed by atoms with van der Waals surface area (Å²) in [7, 11) is 0. The highest BCUT2D eigenvalue weighted by atomic mass is 79.9. The summed E-state index contributed by atoms with van der Waals surface area (Å²) in [6.07, 6.45) is 0. The summed E-state index contributed by atoms with van der Waals surface area (Å²) in [4.78, 5) is 8.24. The molecule has 2 aromatic rings. The molecule has 4 nitrogen and oxygen atoms in total. The van der Waals surface area contributed by atoms with Crippen LogP contribution in [0, 0.1) is 18.3 Å². The second kappa shape index (κ2) is 5.61. The molecule has 0 bridgehead atoms. The van der Waals surface area contributed by atoms with Crippen LogP contribution in [0.2, 0.25) is 0 Å². The molecule has 1 aromatic heterocycles. The number of nitrogens with zero attached hydrogens (tertiary/aromatic N) is 3. The van der Waals surface area contributed by atoms with Gasteiger partial charge < -0.3 is 5.32 Å². The number of hydrogen-bond donors (Lipinski definition) is 1. The van der Waals surface area contributed by atoms with E-state index < -0.39 is 0 Å². The van der Waals surface area contributed by atoms with Crippen molar-refractivity contribution in [3.05, 3.63) is 51.9 Å². The van der Waals surface area contributed by atoms with Crippen molar-refractivity contribution >= 4 is 21.7 Å². The van der Waals surface area contributed by atoms with Gasteiger partial charge >= 0.3 is 0 Å². The summed E-state index contributed by atoms with van der Waals surface area (Å²) >= 11 is 3.43. The molecule has 90 valence electrons. The predicted molar refractivity (Wildman–Crippen MR) is 73.0 cm³/mol. The zero-order valence-corrected chi connectivity index (χ0v) is 11.4. The number of halogens is 1. The van der Waals surface area contributed by atoms with Crippen LogP contribution in [0.3, 0.4) is 0 Å². The van der Waals surface area contributed by atoms with E-state index in [9.17, 15) is 0 Å². The third-order valence-electron chi connectivity index (χ3n) is 2.32. The van der Waals surface area contributed by atoms with Gasteiger partial charge in [0.05, 0.1) is 0 Å². The molecule has 0 saturated carbocycles. The molecular formula is C13H11BrN4. The van der Waals surface area contributed by atoms with E-state index in [1.807, 2.05) is 30.3 Å². The molecule has 0 amide bonds. The Morgan fingerprint density at radius 1 is 1.33 bits per heavy atom. The summed E-state index contributed by atoms with van der Waals surface area (Å²) in [5.41, 5.74) is 1.51. The lowest BCUT2D eigenvalue weighted by molar-refractivity contribution is 1.01. The normalized spacial score (nSPS) is 9.83. The van der Waals surface area contributed by atoms with E-state index >= 15 is 0 Å². The van der Waals surface area contributed by atoms with Gasteiger partial charge in [-0.15, -0.1) is 0 Å². The van der Waals surface area contributed by atoms with Gasteiger partial charge in [-0.05, 0) is 24.6 Å². The zero-order valence-electron chi connectivity index (χ0n) is 9.81. The van der Waals surface area contributed by atoms with Crippen molar-refractivity contribution in [1.29, 1.82) is 5.26 Å². The minimum absolute atomic E-state index is 0.374. The molecule has 5 heteroatoms. The Hall–Kier alpha value is -1.93. The molecule has 0 aliphatic carbocycles. The summed E-state index contributed by atoms with van der Waals surface area (Å²) < 4.78 is 1.04. The van der Waals surface area contributed by atoms with Gasteiger partial charge in [-0.3, -0.25) is 0 Å². The van der Waals surface area contributed by atoms with Gasteiger partial charge in [-0.2, -0.15) is 5.26 Å². The number of nitrogens with one attached hydrogen (secondary N) is 1. The molecule has 0 saturated heterocycles. The number of hydrogen-bond acceptors (Lipinski definition) is 4. The molecule has 0 spiro atoms. The quantitative estimate of drug-likeness (QED) is 0.946. The Bertz CT molecular complexity index is 604. The van der Waals surface area contributed by atoms with E-state index in [0.717, 1.165) is 10.0 Å². The van der Waals surface area contributed by atoms with E-state index in [1.165, 1.54) is 0 Å². The molecule has 0 aliphatic rings. The Kier molecular flexibility index (Phi) is 3.90. The van der Waals surface area contributed by atoms with Crippen molar-refractivity contribution in [1.82, 2.24) is 9.97 Å². The number of aryl methyl sites for hydroxylation is 1. The highest BCUT2D eigenvalue weighted by molar-refractivity contribution is 9.10. The van der Waals surface area contributed by atoms with Crippen molar-refractivity contribution in [2.24, 2.45) is 0 Å². The smallest absolute Gasteiger partial charge is 0.146 e. The molecule has 0 fully saturated rings. The molecule has 1 aromatic carbocycles. The van der Waals surface area contributed by atoms with E-state index in [-0.39, 0.29) is 0 Å². The van der Waals surface area contributed by atoms with Crippen molar-refractivity contribution in [2.45, 2.75) is 13.5 Å². The molecule has 1 N–H and O–H groups in total. The van der Waals surface area contributed by atoms with Crippen molar-refractivity contribution < 1.29 is 0 Å². The third kappa shape index (κ3) is 3.28. The van der Waals surface area contributed by atoms with Crippen LogP contribution in [-0.2, 0) is 6.54 Å². The molecule has 0 radical (unpaired) electrons. The first-order valence-electron chi connectivity index (χ1n) is 5.41. The highest BCUT2D eigenvalue weighted by Crippen LogP contribution is 2.13. The van der Waals surface area contributed by atoms with Gasteiger partial charge in [0.15, 0.2) is 0 Å². The Balaban J connectivity index is 2.11. The maximum atomic E-state index is 8.83. The van der Waals surface area contributed by atoms with Crippen LogP contribution in [0.15, 0.2) is 34.8 Å². The topological polar surface area (TPSA) is 61.6 Å². The predicted octanol–water partition coefficient (Wildman–Crippen LogP) is 3.03. The van der Waals surface area contributed by atoms with Gasteiger partial charge in [0, 0.05) is 17.1 Å². The van der Waals surface area contributed by atoms with Crippen LogP contribution in [-0.4, -0.2) is 9.97 Å². The first-order chi connectivity index (χ1) is 8.67. The van der Waals surface area contributed by atoms with E-state index in [2.05, 4.69) is 31.2 Å². The maximum Gasteiger partial charge on any atom is 0.146 e. The molecule has 18 heavy (non-hydrogen) atoms. The van der Waals surface area contributed by atoms with E-state index in [0.29, 0.717) is 23.9 Å². The van der Waals surface area contributed by atoms with Crippen molar-refractivity contribution in [2.75, 3.05) is 5.32 Å². The lowest BCUT2D eigenvalue weighted by Crippen LogP contribution is -2.04. The summed E-state index contributed by atoms with van der Waals surface area (Å²) in [6, 6.07) is 11.7. The molecule has 0 aliphatic heterocycles. The minimum atomic E-state index is 0.374. The van der Waals surface area contributed by atoms with Crippen LogP contribution >= 0.6 is 15.9 Å². The van der Waals surface area contributed by atoms with Crippen molar-refractivity contribution in [3.63, 3.8) is 0 Å². The number of nitriles is 1. The van der Waals surface area contributed by atoms with Gasteiger partial charge in [-0.25, -0.2) is 9.97 Å². The van der Waals surface area contributed by atoms with Crippen LogP contribution in [0.4, 0.5) is 5.82 Å². The zero-order chi connectivity index (χ0) is 13.0. The summed E-state index contributed by atoms with van der Waals surface area (Å²) in [6.45, 7) is 2.42. The van der Waals surface area contributed by atoms with Crippen LogP contribution in [0.25, 0.3) is 0 Å². The number of rotatable bonds is 3. The van der Waals surface area contributed by atoms with Gasteiger partial charge in [-0.1, -0.05) is 28.1 Å². The monoisotopic (exact) mass is 302 g/mol. The fraction of sp³-hybridized carbons (Fsp3) is 0.154. The third-order valence-corrected chi connectivity index (χ3v) is 2.81. The minimum Gasteiger partial charge on any atom is -0.366 e. The number of benzene rings is 1. The molecule has 2 rings (SSSR count). The fourth-order valence-corrected chi connectivity index (χ4v) is 2.00. The first-order valence-corrected chi connectivity index (χ1v) is 6.21. The molecule has 0 unspecified atom stereocenters. The largest absolute Gasteiger partial charge is 0.366 e. The standard InChI is InChI=1S/C13H11BrN4/c1-9-17-12(7-15)6-13(18-9)16-8-10-3-2-4-11(14)5-10/h2-6H,8H2,1H3,(H,16,17,18). The van der Waals surface area contributed by atoms with E-state index in [4.69, 9.17) is 5.26 Å². The second-order valence-electron chi connectivity index (χ2n) is 3.78. The summed E-state index contributed by atoms with van der Waals surface area (Å²) in [5, 5.41) is 12.0. The highest BCUT2D eigenvalue weighted by Gasteiger charge is 2.01. The second-order valence-corrected chi connectivity index (χ2v) is 4.70. The van der Waals surface area contributed by atoms with Gasteiger partial charge in [0.1, 0.15) is 23.4 Å². The fourth-order valence-electron chi connectivity index (χ4n) is 1.56. The molecule has 0 atom stereocenters. The number of anilines is 1. The van der Waals surface area contributed by atoms with Gasteiger partial charge in [0.2, 0.25) is 0 Å². The average Bonchev–Trinajstić information content (AvgIpc) is 2.36. The van der Waals surface area contributed by atoms with Crippen LogP contribution in [0.1, 0.15) is 17.1 Å². The first kappa shape index (κ1) is 12.5. The Morgan fingerprint density at radius 3 is 2.89 bits per heavy atom. The van der Waals surface area contributed by atoms with E-state index in [1.54, 1.807) is 13.0 Å².